The molecule has 6 heteroatoms. The van der Waals surface area contributed by atoms with Gasteiger partial charge >= 0.3 is 5.97 Å². The number of aliphatic imine (C=N–C) groups is 1. The summed E-state index contributed by atoms with van der Waals surface area (Å²) in [6.45, 7) is 8.42. The third kappa shape index (κ3) is 7.60. The zero-order valence-corrected chi connectivity index (χ0v) is 14.7. The second-order valence-electron chi connectivity index (χ2n) is 6.29. The summed E-state index contributed by atoms with van der Waals surface area (Å²) >= 11 is 1.93. The first kappa shape index (κ1) is 18.1. The van der Waals surface area contributed by atoms with Crippen LogP contribution in [0, 0.1) is 0 Å². The smallest absolute Gasteiger partial charge is 0.328 e. The Labute approximate surface area is 132 Å². The average molecular weight is 315 g/mol. The van der Waals surface area contributed by atoms with E-state index >= 15 is 0 Å². The number of hydrogen-bond donors (Lipinski definition) is 2. The number of rotatable bonds is 5. The zero-order valence-electron chi connectivity index (χ0n) is 13.9. The lowest BCUT2D eigenvalue weighted by molar-refractivity contribution is -0.152. The monoisotopic (exact) mass is 315 g/mol. The van der Waals surface area contributed by atoms with Gasteiger partial charge in [0.25, 0.3) is 0 Å². The number of thioether (sulfide) groups is 1. The van der Waals surface area contributed by atoms with Crippen LogP contribution in [0.1, 0.15) is 47.0 Å². The van der Waals surface area contributed by atoms with E-state index in [2.05, 4.69) is 21.9 Å². The molecule has 1 rings (SSSR count). The Balaban J connectivity index is 2.48. The maximum Gasteiger partial charge on any atom is 0.328 e. The molecule has 0 spiro atoms. The molecule has 5 nitrogen and oxygen atoms in total. The lowest BCUT2D eigenvalue weighted by atomic mass is 10.2. The van der Waals surface area contributed by atoms with Crippen molar-refractivity contribution < 1.29 is 9.53 Å². The van der Waals surface area contributed by atoms with Crippen LogP contribution in [-0.2, 0) is 9.53 Å². The summed E-state index contributed by atoms with van der Waals surface area (Å²) in [4.78, 5) is 16.0. The van der Waals surface area contributed by atoms with Crippen LogP contribution in [0.2, 0.25) is 0 Å². The van der Waals surface area contributed by atoms with Crippen molar-refractivity contribution in [2.45, 2.75) is 63.9 Å². The van der Waals surface area contributed by atoms with E-state index < -0.39 is 5.60 Å². The average Bonchev–Trinajstić information content (AvgIpc) is 2.82. The fourth-order valence-electron chi connectivity index (χ4n) is 2.32. The Kier molecular flexibility index (Phi) is 7.35. The Hall–Kier alpha value is -0.910. The summed E-state index contributed by atoms with van der Waals surface area (Å²) < 4.78 is 5.27. The van der Waals surface area contributed by atoms with Crippen LogP contribution in [0.3, 0.4) is 0 Å². The van der Waals surface area contributed by atoms with Crippen molar-refractivity contribution in [3.63, 3.8) is 0 Å². The first-order valence-corrected chi connectivity index (χ1v) is 8.92. The molecule has 0 radical (unpaired) electrons. The highest BCUT2D eigenvalue weighted by atomic mass is 32.2. The number of esters is 1. The third-order valence-electron chi connectivity index (χ3n) is 3.19. The van der Waals surface area contributed by atoms with Gasteiger partial charge in [-0.1, -0.05) is 0 Å². The molecule has 1 fully saturated rings. The number of hydrogen-bond acceptors (Lipinski definition) is 4. The molecule has 0 heterocycles. The highest BCUT2D eigenvalue weighted by Gasteiger charge is 2.24. The SMILES string of the molecule is CCNC(=NCC(=O)OC(C)(C)C)N[C@@H]1CC[C@H](SC)C1. The highest BCUT2D eigenvalue weighted by molar-refractivity contribution is 7.99. The molecular formula is C15H29N3O2S. The van der Waals surface area contributed by atoms with Crippen molar-refractivity contribution in [3.05, 3.63) is 0 Å². The minimum Gasteiger partial charge on any atom is -0.459 e. The van der Waals surface area contributed by atoms with Crippen LogP contribution < -0.4 is 10.6 Å². The van der Waals surface area contributed by atoms with Crippen molar-refractivity contribution >= 4 is 23.7 Å². The molecule has 0 amide bonds. The topological polar surface area (TPSA) is 62.7 Å². The molecule has 1 aliphatic rings. The zero-order chi connectivity index (χ0) is 15.9. The Bertz CT molecular complexity index is 366. The van der Waals surface area contributed by atoms with Crippen molar-refractivity contribution in [2.24, 2.45) is 4.99 Å². The summed E-state index contributed by atoms with van der Waals surface area (Å²) in [5, 5.41) is 7.33. The van der Waals surface area contributed by atoms with Gasteiger partial charge in [0.05, 0.1) is 0 Å². The van der Waals surface area contributed by atoms with Gasteiger partial charge in [-0.25, -0.2) is 4.99 Å². The van der Waals surface area contributed by atoms with E-state index in [9.17, 15) is 4.79 Å². The first-order valence-electron chi connectivity index (χ1n) is 7.63. The van der Waals surface area contributed by atoms with Crippen molar-refractivity contribution in [3.8, 4) is 0 Å². The normalized spacial score (nSPS) is 23.0. The number of guanidine groups is 1. The van der Waals surface area contributed by atoms with Gasteiger partial charge < -0.3 is 15.4 Å². The summed E-state index contributed by atoms with van der Waals surface area (Å²) in [6, 6.07) is 0.443. The molecule has 122 valence electrons. The van der Waals surface area contributed by atoms with Gasteiger partial charge in [0.15, 0.2) is 5.96 Å². The van der Waals surface area contributed by atoms with Crippen LogP contribution in [0.5, 0.6) is 0 Å². The third-order valence-corrected chi connectivity index (χ3v) is 4.28. The van der Waals surface area contributed by atoms with Gasteiger partial charge in [0.1, 0.15) is 12.1 Å². The number of nitrogens with zero attached hydrogens (tertiary/aromatic N) is 1. The van der Waals surface area contributed by atoms with E-state index in [1.807, 2.05) is 39.5 Å². The summed E-state index contributed by atoms with van der Waals surface area (Å²) in [5.41, 5.74) is -0.463. The van der Waals surface area contributed by atoms with E-state index in [4.69, 9.17) is 4.74 Å². The fraction of sp³-hybridized carbons (Fsp3) is 0.867. The molecule has 0 aromatic rings. The quantitative estimate of drug-likeness (QED) is 0.462. The van der Waals surface area contributed by atoms with Crippen molar-refractivity contribution in [1.82, 2.24) is 10.6 Å². The van der Waals surface area contributed by atoms with E-state index in [-0.39, 0.29) is 12.5 Å². The molecule has 0 aromatic carbocycles. The second-order valence-corrected chi connectivity index (χ2v) is 7.43. The second kappa shape index (κ2) is 8.51. The van der Waals surface area contributed by atoms with Crippen LogP contribution in [0.25, 0.3) is 0 Å². The van der Waals surface area contributed by atoms with Gasteiger partial charge in [0, 0.05) is 17.8 Å². The molecule has 0 aliphatic heterocycles. The van der Waals surface area contributed by atoms with Gasteiger partial charge in [0.2, 0.25) is 0 Å². The van der Waals surface area contributed by atoms with Gasteiger partial charge in [-0.3, -0.25) is 4.79 Å². The van der Waals surface area contributed by atoms with Gasteiger partial charge in [-0.2, -0.15) is 11.8 Å². The molecule has 0 unspecified atom stereocenters. The molecule has 2 atom stereocenters. The van der Waals surface area contributed by atoms with Crippen LogP contribution in [0.4, 0.5) is 0 Å². The predicted molar refractivity (Wildman–Crippen MR) is 89.9 cm³/mol. The van der Waals surface area contributed by atoms with Gasteiger partial charge in [-0.05, 0) is 53.2 Å². The minimum absolute atomic E-state index is 0.0469. The lowest BCUT2D eigenvalue weighted by Gasteiger charge is -2.20. The number of nitrogens with one attached hydrogen (secondary N) is 2. The lowest BCUT2D eigenvalue weighted by Crippen LogP contribution is -2.43. The van der Waals surface area contributed by atoms with E-state index in [0.717, 1.165) is 24.6 Å². The first-order chi connectivity index (χ1) is 9.84. The largest absolute Gasteiger partial charge is 0.459 e. The fourth-order valence-corrected chi connectivity index (χ4v) is 3.11. The summed E-state index contributed by atoms with van der Waals surface area (Å²) in [5.74, 6) is 0.406. The Morgan fingerprint density at radius 3 is 2.62 bits per heavy atom. The van der Waals surface area contributed by atoms with E-state index in [1.54, 1.807) is 0 Å². The molecule has 1 aliphatic carbocycles. The number of carbonyl (C=O) groups excluding carboxylic acids is 1. The van der Waals surface area contributed by atoms with Crippen LogP contribution >= 0.6 is 11.8 Å². The molecule has 0 aromatic heterocycles. The van der Waals surface area contributed by atoms with Gasteiger partial charge in [-0.15, -0.1) is 0 Å². The summed E-state index contributed by atoms with van der Waals surface area (Å²) in [7, 11) is 0. The Morgan fingerprint density at radius 1 is 1.38 bits per heavy atom. The molecule has 1 saturated carbocycles. The molecule has 0 saturated heterocycles. The molecule has 21 heavy (non-hydrogen) atoms. The maximum absolute atomic E-state index is 11.7. The molecule has 0 bridgehead atoms. The molecule has 2 N–H and O–H groups in total. The standard InChI is InChI=1S/C15H29N3O2S/c1-6-16-14(17-10-13(19)20-15(2,3)4)18-11-7-8-12(9-11)21-5/h11-12H,6-10H2,1-5H3,(H2,16,17,18)/t11-,12+/m1/s1. The summed E-state index contributed by atoms with van der Waals surface area (Å²) in [6.07, 6.45) is 5.71. The van der Waals surface area contributed by atoms with E-state index in [0.29, 0.717) is 12.0 Å². The van der Waals surface area contributed by atoms with Crippen LogP contribution in [0.15, 0.2) is 4.99 Å². The highest BCUT2D eigenvalue weighted by Crippen LogP contribution is 2.27. The number of carbonyl (C=O) groups is 1. The number of ether oxygens (including phenoxy) is 1. The van der Waals surface area contributed by atoms with Crippen molar-refractivity contribution in [1.29, 1.82) is 0 Å². The minimum atomic E-state index is -0.463. The maximum atomic E-state index is 11.7. The molecular weight excluding hydrogens is 286 g/mol. The predicted octanol–water partition coefficient (Wildman–Crippen LogP) is 2.17. The Morgan fingerprint density at radius 2 is 2.10 bits per heavy atom. The van der Waals surface area contributed by atoms with E-state index in [1.165, 1.54) is 6.42 Å². The van der Waals surface area contributed by atoms with Crippen molar-refractivity contribution in [2.75, 3.05) is 19.3 Å². The van der Waals surface area contributed by atoms with Crippen LogP contribution in [-0.4, -0.2) is 48.2 Å².